The zero-order chi connectivity index (χ0) is 15.5. The highest BCUT2D eigenvalue weighted by atomic mass is 19.1. The summed E-state index contributed by atoms with van der Waals surface area (Å²) in [4.78, 5) is 14.7. The van der Waals surface area contributed by atoms with Gasteiger partial charge in [-0.15, -0.1) is 0 Å². The van der Waals surface area contributed by atoms with Gasteiger partial charge in [0.1, 0.15) is 5.82 Å². The van der Waals surface area contributed by atoms with Crippen LogP contribution in [-0.4, -0.2) is 12.5 Å². The average molecular weight is 285 g/mol. The minimum Gasteiger partial charge on any atom is -0.312 e. The molecule has 0 heterocycles. The van der Waals surface area contributed by atoms with Crippen molar-refractivity contribution in [2.45, 2.75) is 26.2 Å². The predicted molar refractivity (Wildman–Crippen MR) is 83.9 cm³/mol. The molecule has 21 heavy (non-hydrogen) atoms. The van der Waals surface area contributed by atoms with E-state index in [1.807, 2.05) is 51.1 Å². The molecule has 2 nitrogen and oxygen atoms in total. The van der Waals surface area contributed by atoms with E-state index in [-0.39, 0.29) is 11.7 Å². The third kappa shape index (κ3) is 3.13. The van der Waals surface area contributed by atoms with Crippen LogP contribution in [0.2, 0.25) is 0 Å². The highest BCUT2D eigenvalue weighted by molar-refractivity contribution is 6.00. The van der Waals surface area contributed by atoms with Crippen molar-refractivity contribution in [1.82, 2.24) is 0 Å². The summed E-state index contributed by atoms with van der Waals surface area (Å²) in [6, 6.07) is 15.7. The highest BCUT2D eigenvalue weighted by Gasteiger charge is 2.33. The summed E-state index contributed by atoms with van der Waals surface area (Å²) in [6.07, 6.45) is 0. The number of amides is 1. The smallest absolute Gasteiger partial charge is 0.237 e. The zero-order valence-corrected chi connectivity index (χ0v) is 12.6. The number of hydrogen-bond acceptors (Lipinski definition) is 1. The Morgan fingerprint density at radius 3 is 2.14 bits per heavy atom. The fourth-order valence-corrected chi connectivity index (χ4v) is 2.38. The molecule has 2 rings (SSSR count). The van der Waals surface area contributed by atoms with Crippen molar-refractivity contribution in [3.63, 3.8) is 0 Å². The van der Waals surface area contributed by atoms with Crippen LogP contribution in [0, 0.1) is 5.82 Å². The van der Waals surface area contributed by atoms with Crippen molar-refractivity contribution in [3.8, 4) is 0 Å². The first-order valence-corrected chi connectivity index (χ1v) is 7.10. The average Bonchev–Trinajstić information content (AvgIpc) is 2.49. The molecular formula is C18H20FNO. The standard InChI is InChI=1S/C18H20FNO/c1-4-20(16-8-6-5-7-9-16)17(21)18(2,3)14-10-12-15(19)13-11-14/h5-13H,4H2,1-3H3. The predicted octanol–water partition coefficient (Wildman–Crippen LogP) is 4.16. The van der Waals surface area contributed by atoms with Gasteiger partial charge in [0.25, 0.3) is 0 Å². The van der Waals surface area contributed by atoms with E-state index in [0.29, 0.717) is 6.54 Å². The first kappa shape index (κ1) is 15.2. The number of hydrogen-bond donors (Lipinski definition) is 0. The molecule has 0 aliphatic rings. The number of rotatable bonds is 4. The second-order valence-electron chi connectivity index (χ2n) is 5.52. The minimum atomic E-state index is -0.709. The van der Waals surface area contributed by atoms with Crippen molar-refractivity contribution in [2.75, 3.05) is 11.4 Å². The van der Waals surface area contributed by atoms with E-state index in [2.05, 4.69) is 0 Å². The summed E-state index contributed by atoms with van der Waals surface area (Å²) in [5.74, 6) is -0.291. The van der Waals surface area contributed by atoms with Crippen molar-refractivity contribution >= 4 is 11.6 Å². The monoisotopic (exact) mass is 285 g/mol. The molecule has 0 spiro atoms. The van der Waals surface area contributed by atoms with E-state index < -0.39 is 5.41 Å². The topological polar surface area (TPSA) is 20.3 Å². The van der Waals surface area contributed by atoms with Gasteiger partial charge in [-0.2, -0.15) is 0 Å². The lowest BCUT2D eigenvalue weighted by Gasteiger charge is -2.31. The van der Waals surface area contributed by atoms with E-state index in [9.17, 15) is 9.18 Å². The lowest BCUT2D eigenvalue weighted by Crippen LogP contribution is -2.43. The molecule has 1 amide bonds. The molecule has 3 heteroatoms. The van der Waals surface area contributed by atoms with Crippen LogP contribution >= 0.6 is 0 Å². The van der Waals surface area contributed by atoms with Gasteiger partial charge in [0.15, 0.2) is 0 Å². The third-order valence-electron chi connectivity index (χ3n) is 3.73. The Labute approximate surface area is 125 Å². The number of carbonyl (C=O) groups excluding carboxylic acids is 1. The Balaban J connectivity index is 2.34. The number of halogens is 1. The largest absolute Gasteiger partial charge is 0.312 e. The van der Waals surface area contributed by atoms with Gasteiger partial charge >= 0.3 is 0 Å². The van der Waals surface area contributed by atoms with Crippen LogP contribution < -0.4 is 4.90 Å². The lowest BCUT2D eigenvalue weighted by atomic mass is 9.83. The van der Waals surface area contributed by atoms with Gasteiger partial charge in [-0.1, -0.05) is 30.3 Å². The number of benzene rings is 2. The van der Waals surface area contributed by atoms with Crippen molar-refractivity contribution < 1.29 is 9.18 Å². The molecule has 0 radical (unpaired) electrons. The van der Waals surface area contributed by atoms with Gasteiger partial charge < -0.3 is 4.90 Å². The van der Waals surface area contributed by atoms with Crippen LogP contribution in [0.3, 0.4) is 0 Å². The summed E-state index contributed by atoms with van der Waals surface area (Å²) < 4.78 is 13.1. The molecule has 0 aromatic heterocycles. The molecule has 0 atom stereocenters. The van der Waals surface area contributed by atoms with E-state index in [0.717, 1.165) is 11.3 Å². The number of carbonyl (C=O) groups is 1. The summed E-state index contributed by atoms with van der Waals surface area (Å²) in [5, 5.41) is 0. The maximum Gasteiger partial charge on any atom is 0.237 e. The molecular weight excluding hydrogens is 265 g/mol. The Kier molecular flexibility index (Phi) is 4.41. The second-order valence-corrected chi connectivity index (χ2v) is 5.52. The van der Waals surface area contributed by atoms with E-state index in [1.165, 1.54) is 12.1 Å². The Morgan fingerprint density at radius 1 is 1.05 bits per heavy atom. The quantitative estimate of drug-likeness (QED) is 0.826. The summed E-state index contributed by atoms with van der Waals surface area (Å²) in [6.45, 7) is 6.28. The van der Waals surface area contributed by atoms with E-state index in [1.54, 1.807) is 17.0 Å². The molecule has 0 saturated heterocycles. The minimum absolute atomic E-state index is 0.00260. The summed E-state index contributed by atoms with van der Waals surface area (Å²) >= 11 is 0. The second kappa shape index (κ2) is 6.08. The molecule has 2 aromatic rings. The first-order chi connectivity index (χ1) is 9.96. The maximum atomic E-state index is 13.1. The van der Waals surface area contributed by atoms with Gasteiger partial charge in [-0.3, -0.25) is 4.79 Å². The van der Waals surface area contributed by atoms with Crippen LogP contribution in [0.25, 0.3) is 0 Å². The van der Waals surface area contributed by atoms with Gasteiger partial charge in [0, 0.05) is 12.2 Å². The zero-order valence-electron chi connectivity index (χ0n) is 12.6. The molecule has 110 valence electrons. The Hall–Kier alpha value is -2.16. The fraction of sp³-hybridized carbons (Fsp3) is 0.278. The Bertz CT molecular complexity index is 605. The third-order valence-corrected chi connectivity index (χ3v) is 3.73. The van der Waals surface area contributed by atoms with Crippen LogP contribution in [0.15, 0.2) is 54.6 Å². The SMILES string of the molecule is CCN(C(=O)C(C)(C)c1ccc(F)cc1)c1ccccc1. The van der Waals surface area contributed by atoms with Crippen molar-refractivity contribution in [2.24, 2.45) is 0 Å². The molecule has 0 saturated carbocycles. The summed E-state index contributed by atoms with van der Waals surface area (Å²) in [5.41, 5.74) is 0.975. The molecule has 2 aromatic carbocycles. The van der Waals surface area contributed by atoms with E-state index in [4.69, 9.17) is 0 Å². The van der Waals surface area contributed by atoms with Gasteiger partial charge in [-0.25, -0.2) is 4.39 Å². The van der Waals surface area contributed by atoms with Crippen molar-refractivity contribution in [1.29, 1.82) is 0 Å². The molecule has 0 aliphatic heterocycles. The van der Waals surface area contributed by atoms with Crippen LogP contribution in [-0.2, 0) is 10.2 Å². The number of likely N-dealkylation sites (N-methyl/N-ethyl adjacent to an activating group) is 1. The molecule has 0 N–H and O–H groups in total. The van der Waals surface area contributed by atoms with Crippen molar-refractivity contribution in [3.05, 3.63) is 66.0 Å². The van der Waals surface area contributed by atoms with Crippen LogP contribution in [0.5, 0.6) is 0 Å². The van der Waals surface area contributed by atoms with Crippen LogP contribution in [0.4, 0.5) is 10.1 Å². The normalized spacial score (nSPS) is 11.2. The summed E-state index contributed by atoms with van der Waals surface area (Å²) in [7, 11) is 0. The maximum absolute atomic E-state index is 13.1. The van der Waals surface area contributed by atoms with Gasteiger partial charge in [0.05, 0.1) is 5.41 Å². The number of anilines is 1. The van der Waals surface area contributed by atoms with E-state index >= 15 is 0 Å². The Morgan fingerprint density at radius 2 is 1.62 bits per heavy atom. The van der Waals surface area contributed by atoms with Gasteiger partial charge in [-0.05, 0) is 50.6 Å². The highest BCUT2D eigenvalue weighted by Crippen LogP contribution is 2.28. The molecule has 0 aliphatic carbocycles. The first-order valence-electron chi connectivity index (χ1n) is 7.10. The fourth-order valence-electron chi connectivity index (χ4n) is 2.38. The number of para-hydroxylation sites is 1. The molecule has 0 bridgehead atoms. The lowest BCUT2D eigenvalue weighted by molar-refractivity contribution is -0.123. The van der Waals surface area contributed by atoms with Crippen LogP contribution in [0.1, 0.15) is 26.3 Å². The number of nitrogens with zero attached hydrogens (tertiary/aromatic N) is 1. The van der Waals surface area contributed by atoms with Gasteiger partial charge in [0.2, 0.25) is 5.91 Å². The molecule has 0 fully saturated rings. The molecule has 0 unspecified atom stereocenters.